The number of hydrogen-bond acceptors (Lipinski definition) is 3. The summed E-state index contributed by atoms with van der Waals surface area (Å²) in [6.45, 7) is 4.38. The van der Waals surface area contributed by atoms with Crippen molar-refractivity contribution in [1.82, 2.24) is 9.78 Å². The van der Waals surface area contributed by atoms with Crippen LogP contribution in [0.1, 0.15) is 62.4 Å². The van der Waals surface area contributed by atoms with Crippen LogP contribution in [-0.2, 0) is 11.8 Å². The van der Waals surface area contributed by atoms with Gasteiger partial charge in [-0.15, -0.1) is 0 Å². The molecule has 1 saturated carbocycles. The van der Waals surface area contributed by atoms with E-state index in [1.807, 2.05) is 6.07 Å². The third-order valence-electron chi connectivity index (χ3n) is 8.29. The summed E-state index contributed by atoms with van der Waals surface area (Å²) >= 11 is 0. The molecule has 166 valence electrons. The molecule has 6 rings (SSSR count). The average molecular weight is 436 g/mol. The van der Waals surface area contributed by atoms with Crippen molar-refractivity contribution in [2.24, 2.45) is 11.8 Å². The maximum absolute atomic E-state index is 10.7. The second kappa shape index (κ2) is 7.35. The third kappa shape index (κ3) is 3.06. The van der Waals surface area contributed by atoms with Crippen LogP contribution in [0.15, 0.2) is 65.9 Å². The Morgan fingerprint density at radius 1 is 1.03 bits per heavy atom. The molecule has 1 heterocycles. The molecule has 0 aliphatic heterocycles. The number of rotatable bonds is 3. The van der Waals surface area contributed by atoms with E-state index in [9.17, 15) is 10.4 Å². The van der Waals surface area contributed by atoms with Gasteiger partial charge in [-0.1, -0.05) is 56.3 Å². The molecule has 3 aliphatic rings. The number of aliphatic hydroxyl groups is 1. The van der Waals surface area contributed by atoms with Crippen molar-refractivity contribution in [3.8, 4) is 22.9 Å². The second-order valence-corrected chi connectivity index (χ2v) is 10.3. The summed E-state index contributed by atoms with van der Waals surface area (Å²) in [6, 6.07) is 21.4. The average Bonchev–Trinajstić information content (AvgIpc) is 3.62. The van der Waals surface area contributed by atoms with E-state index in [0.717, 1.165) is 18.5 Å². The van der Waals surface area contributed by atoms with Crippen LogP contribution in [-0.4, -0.2) is 14.9 Å². The molecule has 0 unspecified atom stereocenters. The number of nitrogens with zero attached hydrogens (tertiary/aromatic N) is 3. The van der Waals surface area contributed by atoms with Crippen LogP contribution in [0.25, 0.3) is 16.8 Å². The highest BCUT2D eigenvalue weighted by molar-refractivity contribution is 5.64. The molecule has 0 radical (unpaired) electrons. The molecule has 3 aromatic rings. The highest BCUT2D eigenvalue weighted by atomic mass is 16.3. The fourth-order valence-electron chi connectivity index (χ4n) is 6.43. The summed E-state index contributed by atoms with van der Waals surface area (Å²) in [6.07, 6.45) is 5.05. The minimum absolute atomic E-state index is 0.0141. The fourth-order valence-corrected chi connectivity index (χ4v) is 6.43. The lowest BCUT2D eigenvalue weighted by molar-refractivity contribution is 0.134. The highest BCUT2D eigenvalue weighted by Crippen LogP contribution is 2.56. The molecule has 3 atom stereocenters. The lowest BCUT2D eigenvalue weighted by atomic mass is 9.56. The fraction of sp³-hybridized carbons (Fsp3) is 0.379. The first-order valence-electron chi connectivity index (χ1n) is 12.1. The molecule has 3 aliphatic carbocycles. The number of fused-ring (bicyclic) bond motifs is 3. The van der Waals surface area contributed by atoms with Crippen LogP contribution in [0.3, 0.4) is 0 Å². The van der Waals surface area contributed by atoms with Gasteiger partial charge in [0.05, 0.1) is 28.7 Å². The highest BCUT2D eigenvalue weighted by Gasteiger charge is 2.52. The standard InChI is InChI=1S/C29H29N3O/c1-18-25-15-14-24-26(21-8-9-21)31-32(28(24)29(25,2)16-22(17-30)27(18)33)23-12-10-20(11-13-23)19-6-4-3-5-7-19/h3-7,10-13,18,21,25,33H,8-9,14-16H2,1-2H3/t18-,25-,29-/m1/s1. The smallest absolute Gasteiger partial charge is 0.109 e. The molecular formula is C29H29N3O. The molecule has 0 spiro atoms. The molecule has 0 amide bonds. The number of aliphatic hydroxyl groups excluding tert-OH is 1. The maximum Gasteiger partial charge on any atom is 0.109 e. The van der Waals surface area contributed by atoms with Crippen molar-refractivity contribution < 1.29 is 5.11 Å². The summed E-state index contributed by atoms with van der Waals surface area (Å²) in [5.74, 6) is 1.15. The van der Waals surface area contributed by atoms with Gasteiger partial charge in [-0.3, -0.25) is 0 Å². The van der Waals surface area contributed by atoms with Crippen LogP contribution >= 0.6 is 0 Å². The van der Waals surface area contributed by atoms with Gasteiger partial charge < -0.3 is 5.11 Å². The van der Waals surface area contributed by atoms with E-state index in [2.05, 4.69) is 73.1 Å². The largest absolute Gasteiger partial charge is 0.511 e. The molecule has 1 N–H and O–H groups in total. The maximum atomic E-state index is 10.7. The van der Waals surface area contributed by atoms with Crippen LogP contribution in [0.2, 0.25) is 0 Å². The predicted octanol–water partition coefficient (Wildman–Crippen LogP) is 6.61. The van der Waals surface area contributed by atoms with Crippen molar-refractivity contribution in [1.29, 1.82) is 5.26 Å². The molecule has 4 nitrogen and oxygen atoms in total. The first-order chi connectivity index (χ1) is 16.0. The van der Waals surface area contributed by atoms with E-state index in [1.54, 1.807) is 0 Å². The van der Waals surface area contributed by atoms with Crippen molar-refractivity contribution in [2.75, 3.05) is 0 Å². The van der Waals surface area contributed by atoms with Gasteiger partial charge in [0, 0.05) is 17.3 Å². The van der Waals surface area contributed by atoms with E-state index in [0.29, 0.717) is 29.6 Å². The van der Waals surface area contributed by atoms with Crippen LogP contribution < -0.4 is 0 Å². The van der Waals surface area contributed by atoms with Crippen molar-refractivity contribution >= 4 is 0 Å². The van der Waals surface area contributed by atoms with E-state index < -0.39 is 0 Å². The first-order valence-corrected chi connectivity index (χ1v) is 12.1. The number of allylic oxidation sites excluding steroid dienone is 2. The number of benzene rings is 2. The first kappa shape index (κ1) is 20.3. The number of nitriles is 1. The van der Waals surface area contributed by atoms with Gasteiger partial charge >= 0.3 is 0 Å². The molecule has 0 saturated heterocycles. The van der Waals surface area contributed by atoms with Gasteiger partial charge in [0.2, 0.25) is 0 Å². The Bertz CT molecular complexity index is 1290. The summed E-state index contributed by atoms with van der Waals surface area (Å²) in [7, 11) is 0. The van der Waals surface area contributed by atoms with Crippen LogP contribution in [0, 0.1) is 23.2 Å². The Kier molecular flexibility index (Phi) is 4.52. The molecular weight excluding hydrogens is 406 g/mol. The van der Waals surface area contributed by atoms with E-state index >= 15 is 0 Å². The van der Waals surface area contributed by atoms with Crippen molar-refractivity contribution in [3.63, 3.8) is 0 Å². The van der Waals surface area contributed by atoms with Gasteiger partial charge in [0.25, 0.3) is 0 Å². The van der Waals surface area contributed by atoms with Crippen molar-refractivity contribution in [2.45, 2.75) is 57.3 Å². The van der Waals surface area contributed by atoms with Gasteiger partial charge in [0.15, 0.2) is 0 Å². The van der Waals surface area contributed by atoms with Gasteiger partial charge in [-0.25, -0.2) is 4.68 Å². The summed E-state index contributed by atoms with van der Waals surface area (Å²) in [5.41, 5.74) is 7.72. The van der Waals surface area contributed by atoms with Gasteiger partial charge in [-0.05, 0) is 66.8 Å². The second-order valence-electron chi connectivity index (χ2n) is 10.3. The lowest BCUT2D eigenvalue weighted by Crippen LogP contribution is -2.45. The van der Waals surface area contributed by atoms with Gasteiger partial charge in [-0.2, -0.15) is 10.4 Å². The predicted molar refractivity (Wildman–Crippen MR) is 129 cm³/mol. The Morgan fingerprint density at radius 2 is 1.73 bits per heavy atom. The SMILES string of the molecule is C[C@H]1C(O)=C(C#N)C[C@@]2(C)c3c(c(C4CC4)nn3-c3ccc(-c4ccccc4)cc3)CC[C@H]12. The number of aromatic nitrogens is 2. The summed E-state index contributed by atoms with van der Waals surface area (Å²) < 4.78 is 2.17. The molecule has 2 aromatic carbocycles. The summed E-state index contributed by atoms with van der Waals surface area (Å²) in [5, 5.41) is 25.7. The Morgan fingerprint density at radius 3 is 2.39 bits per heavy atom. The number of hydrogen-bond donors (Lipinski definition) is 1. The minimum Gasteiger partial charge on any atom is -0.511 e. The normalized spacial score (nSPS) is 26.5. The van der Waals surface area contributed by atoms with Crippen molar-refractivity contribution in [3.05, 3.63) is 82.9 Å². The minimum atomic E-state index is -0.220. The molecule has 1 fully saturated rings. The lowest BCUT2D eigenvalue weighted by Gasteiger charge is -2.48. The van der Waals surface area contributed by atoms with E-state index in [1.165, 1.54) is 40.9 Å². The monoisotopic (exact) mass is 435 g/mol. The zero-order chi connectivity index (χ0) is 22.7. The molecule has 33 heavy (non-hydrogen) atoms. The Hall–Kier alpha value is -3.32. The Balaban J connectivity index is 1.50. The molecule has 0 bridgehead atoms. The van der Waals surface area contributed by atoms with E-state index in [4.69, 9.17) is 5.10 Å². The van der Waals surface area contributed by atoms with Crippen LogP contribution in [0.5, 0.6) is 0 Å². The zero-order valence-corrected chi connectivity index (χ0v) is 19.3. The van der Waals surface area contributed by atoms with Crippen LogP contribution in [0.4, 0.5) is 0 Å². The quantitative estimate of drug-likeness (QED) is 0.503. The molecule has 4 heteroatoms. The summed E-state index contributed by atoms with van der Waals surface area (Å²) in [4.78, 5) is 0. The zero-order valence-electron chi connectivity index (χ0n) is 19.3. The third-order valence-corrected chi connectivity index (χ3v) is 8.29. The van der Waals surface area contributed by atoms with Gasteiger partial charge in [0.1, 0.15) is 5.76 Å². The van der Waals surface area contributed by atoms with E-state index in [-0.39, 0.29) is 11.3 Å². The Labute approximate surface area is 195 Å². The molecule has 1 aromatic heterocycles. The topological polar surface area (TPSA) is 61.8 Å².